The summed E-state index contributed by atoms with van der Waals surface area (Å²) in [6.07, 6.45) is -0.432. The number of aliphatic hydroxyl groups is 1. The molecule has 0 radical (unpaired) electrons. The smallest absolute Gasteiger partial charge is 0.128 e. The van der Waals surface area contributed by atoms with Crippen LogP contribution in [0.4, 0.5) is 0 Å². The van der Waals surface area contributed by atoms with E-state index in [-0.39, 0.29) is 0 Å². The Morgan fingerprint density at radius 2 is 2.17 bits per heavy atom. The number of fused-ring (bicyclic) bond motifs is 1. The Morgan fingerprint density at radius 1 is 1.42 bits per heavy atom. The lowest BCUT2D eigenvalue weighted by atomic mass is 10.0. The van der Waals surface area contributed by atoms with E-state index in [4.69, 9.17) is 4.74 Å². The molecule has 0 spiro atoms. The second-order valence-electron chi connectivity index (χ2n) is 3.33. The summed E-state index contributed by atoms with van der Waals surface area (Å²) in [4.78, 5) is 0. The fourth-order valence-corrected chi connectivity index (χ4v) is 1.68. The molecule has 12 heavy (non-hydrogen) atoms. The van der Waals surface area contributed by atoms with Gasteiger partial charge < -0.3 is 9.84 Å². The van der Waals surface area contributed by atoms with Crippen LogP contribution in [0.5, 0.6) is 5.75 Å². The van der Waals surface area contributed by atoms with E-state index >= 15 is 0 Å². The SMILES string of the molecule is Cc1cc(C)c2c(c1)C(O)CO2. The molecule has 1 aliphatic heterocycles. The van der Waals surface area contributed by atoms with Gasteiger partial charge in [-0.2, -0.15) is 0 Å². The van der Waals surface area contributed by atoms with E-state index in [0.29, 0.717) is 6.61 Å². The summed E-state index contributed by atoms with van der Waals surface area (Å²) in [5.74, 6) is 0.869. The van der Waals surface area contributed by atoms with Gasteiger partial charge in [0.1, 0.15) is 18.5 Å². The van der Waals surface area contributed by atoms with Crippen LogP contribution in [0.3, 0.4) is 0 Å². The molecule has 1 N–H and O–H groups in total. The predicted molar refractivity (Wildman–Crippen MR) is 46.4 cm³/mol. The topological polar surface area (TPSA) is 29.5 Å². The Labute approximate surface area is 71.8 Å². The summed E-state index contributed by atoms with van der Waals surface area (Å²) >= 11 is 0. The third-order valence-electron chi connectivity index (χ3n) is 2.19. The lowest BCUT2D eigenvalue weighted by Crippen LogP contribution is -1.97. The lowest BCUT2D eigenvalue weighted by Gasteiger charge is -2.04. The maximum atomic E-state index is 9.51. The number of hydrogen-bond donors (Lipinski definition) is 1. The molecule has 1 aromatic rings. The Kier molecular flexibility index (Phi) is 1.58. The Morgan fingerprint density at radius 3 is 2.92 bits per heavy atom. The lowest BCUT2D eigenvalue weighted by molar-refractivity contribution is 0.140. The van der Waals surface area contributed by atoms with Gasteiger partial charge in [-0.05, 0) is 25.5 Å². The van der Waals surface area contributed by atoms with Crippen molar-refractivity contribution in [3.05, 3.63) is 28.8 Å². The second kappa shape index (κ2) is 2.49. The third kappa shape index (κ3) is 0.994. The minimum atomic E-state index is -0.432. The molecule has 0 aliphatic carbocycles. The third-order valence-corrected chi connectivity index (χ3v) is 2.19. The first kappa shape index (κ1) is 7.62. The zero-order valence-electron chi connectivity index (χ0n) is 7.29. The summed E-state index contributed by atoms with van der Waals surface area (Å²) in [6, 6.07) is 4.05. The molecular weight excluding hydrogens is 152 g/mol. The molecule has 0 aromatic heterocycles. The van der Waals surface area contributed by atoms with Gasteiger partial charge in [0.05, 0.1) is 0 Å². The van der Waals surface area contributed by atoms with Gasteiger partial charge in [-0.25, -0.2) is 0 Å². The molecule has 1 unspecified atom stereocenters. The zero-order valence-corrected chi connectivity index (χ0v) is 7.29. The van der Waals surface area contributed by atoms with E-state index < -0.39 is 6.10 Å². The van der Waals surface area contributed by atoms with E-state index in [1.54, 1.807) is 0 Å². The largest absolute Gasteiger partial charge is 0.490 e. The van der Waals surface area contributed by atoms with Crippen LogP contribution in [0.1, 0.15) is 22.8 Å². The van der Waals surface area contributed by atoms with Crippen molar-refractivity contribution in [2.75, 3.05) is 6.61 Å². The van der Waals surface area contributed by atoms with E-state index in [2.05, 4.69) is 6.07 Å². The normalized spacial score (nSPS) is 20.4. The molecule has 1 heterocycles. The van der Waals surface area contributed by atoms with Gasteiger partial charge in [0.25, 0.3) is 0 Å². The second-order valence-corrected chi connectivity index (χ2v) is 3.33. The van der Waals surface area contributed by atoms with Crippen LogP contribution in [-0.2, 0) is 0 Å². The van der Waals surface area contributed by atoms with E-state index in [0.717, 1.165) is 16.9 Å². The van der Waals surface area contributed by atoms with Gasteiger partial charge in [-0.3, -0.25) is 0 Å². The Bertz CT molecular complexity index is 318. The van der Waals surface area contributed by atoms with Crippen molar-refractivity contribution in [3.63, 3.8) is 0 Å². The fraction of sp³-hybridized carbons (Fsp3) is 0.400. The number of aliphatic hydroxyl groups excluding tert-OH is 1. The van der Waals surface area contributed by atoms with Crippen molar-refractivity contribution in [2.24, 2.45) is 0 Å². The highest BCUT2D eigenvalue weighted by atomic mass is 16.5. The first-order valence-corrected chi connectivity index (χ1v) is 4.10. The number of rotatable bonds is 0. The van der Waals surface area contributed by atoms with E-state index in [1.807, 2.05) is 19.9 Å². The monoisotopic (exact) mass is 164 g/mol. The molecule has 2 rings (SSSR count). The maximum absolute atomic E-state index is 9.51. The van der Waals surface area contributed by atoms with Crippen molar-refractivity contribution < 1.29 is 9.84 Å². The average molecular weight is 164 g/mol. The average Bonchev–Trinajstić information content (AvgIpc) is 2.33. The number of benzene rings is 1. The highest BCUT2D eigenvalue weighted by molar-refractivity contribution is 5.47. The van der Waals surface area contributed by atoms with Gasteiger partial charge in [-0.15, -0.1) is 0 Å². The van der Waals surface area contributed by atoms with Crippen LogP contribution in [0, 0.1) is 13.8 Å². The molecule has 2 nitrogen and oxygen atoms in total. The molecule has 2 heteroatoms. The molecule has 0 saturated heterocycles. The Balaban J connectivity index is 2.60. The van der Waals surface area contributed by atoms with Crippen LogP contribution in [0.15, 0.2) is 12.1 Å². The van der Waals surface area contributed by atoms with Gasteiger partial charge in [-0.1, -0.05) is 11.6 Å². The number of ether oxygens (including phenoxy) is 1. The summed E-state index contributed by atoms with van der Waals surface area (Å²) in [7, 11) is 0. The molecule has 1 aromatic carbocycles. The van der Waals surface area contributed by atoms with Gasteiger partial charge in [0, 0.05) is 5.56 Å². The van der Waals surface area contributed by atoms with E-state index in [9.17, 15) is 5.11 Å². The molecule has 0 bridgehead atoms. The minimum absolute atomic E-state index is 0.402. The Hall–Kier alpha value is -1.02. The van der Waals surface area contributed by atoms with Gasteiger partial charge >= 0.3 is 0 Å². The number of hydrogen-bond acceptors (Lipinski definition) is 2. The highest BCUT2D eigenvalue weighted by Crippen LogP contribution is 2.35. The zero-order chi connectivity index (χ0) is 8.72. The van der Waals surface area contributed by atoms with Gasteiger partial charge in [0.2, 0.25) is 0 Å². The maximum Gasteiger partial charge on any atom is 0.128 e. The highest BCUT2D eigenvalue weighted by Gasteiger charge is 2.23. The van der Waals surface area contributed by atoms with Crippen molar-refractivity contribution in [1.82, 2.24) is 0 Å². The van der Waals surface area contributed by atoms with Crippen LogP contribution in [0.2, 0.25) is 0 Å². The summed E-state index contributed by atoms with van der Waals surface area (Å²) in [6.45, 7) is 4.43. The standard InChI is InChI=1S/C10H12O2/c1-6-3-7(2)10-8(4-6)9(11)5-12-10/h3-4,9,11H,5H2,1-2H3. The van der Waals surface area contributed by atoms with Crippen LogP contribution in [0.25, 0.3) is 0 Å². The van der Waals surface area contributed by atoms with Crippen molar-refractivity contribution in [1.29, 1.82) is 0 Å². The predicted octanol–water partition coefficient (Wildman–Crippen LogP) is 1.73. The van der Waals surface area contributed by atoms with Crippen LogP contribution >= 0.6 is 0 Å². The summed E-state index contributed by atoms with van der Waals surface area (Å²) in [5, 5.41) is 9.51. The molecule has 64 valence electrons. The van der Waals surface area contributed by atoms with E-state index in [1.165, 1.54) is 5.56 Å². The number of aryl methyl sites for hydroxylation is 2. The molecule has 1 atom stereocenters. The van der Waals surface area contributed by atoms with Crippen molar-refractivity contribution in [3.8, 4) is 5.75 Å². The van der Waals surface area contributed by atoms with Crippen LogP contribution < -0.4 is 4.74 Å². The summed E-state index contributed by atoms with van der Waals surface area (Å²) < 4.78 is 5.35. The first-order chi connectivity index (χ1) is 5.68. The van der Waals surface area contributed by atoms with Gasteiger partial charge in [0.15, 0.2) is 0 Å². The minimum Gasteiger partial charge on any atom is -0.490 e. The quantitative estimate of drug-likeness (QED) is 0.632. The first-order valence-electron chi connectivity index (χ1n) is 4.10. The molecular formula is C10H12O2. The molecule has 1 aliphatic rings. The molecule has 0 saturated carbocycles. The van der Waals surface area contributed by atoms with Crippen molar-refractivity contribution >= 4 is 0 Å². The fourth-order valence-electron chi connectivity index (χ4n) is 1.68. The molecule has 0 fully saturated rings. The van der Waals surface area contributed by atoms with Crippen LogP contribution in [-0.4, -0.2) is 11.7 Å². The molecule has 0 amide bonds. The van der Waals surface area contributed by atoms with Crippen molar-refractivity contribution in [2.45, 2.75) is 20.0 Å². The summed E-state index contributed by atoms with van der Waals surface area (Å²) in [5.41, 5.74) is 3.23.